The number of hydrogen-bond acceptors (Lipinski definition) is 2. The van der Waals surface area contributed by atoms with Crippen LogP contribution < -0.4 is 0 Å². The molecule has 0 bridgehead atoms. The van der Waals surface area contributed by atoms with Crippen LogP contribution in [0, 0.1) is 12.7 Å². The molecule has 19 heavy (non-hydrogen) atoms. The predicted molar refractivity (Wildman–Crippen MR) is 81.2 cm³/mol. The van der Waals surface area contributed by atoms with Crippen molar-refractivity contribution in [2.45, 2.75) is 13.5 Å². The summed E-state index contributed by atoms with van der Waals surface area (Å²) >= 11 is 7.03. The minimum atomic E-state index is -0.275. The first-order valence-corrected chi connectivity index (χ1v) is 7.22. The smallest absolute Gasteiger partial charge is 0.123 e. The molecular weight excluding hydrogens is 375 g/mol. The summed E-state index contributed by atoms with van der Waals surface area (Å²) < 4.78 is 14.7. The van der Waals surface area contributed by atoms with Crippen molar-refractivity contribution >= 4 is 37.5 Å². The van der Waals surface area contributed by atoms with Crippen molar-refractivity contribution < 1.29 is 4.39 Å². The van der Waals surface area contributed by atoms with E-state index in [4.69, 9.17) is 0 Å². The van der Waals surface area contributed by atoms with Crippen LogP contribution in [-0.2, 0) is 6.54 Å². The number of nitrogens with zero attached hydrogens (tertiary/aromatic N) is 2. The van der Waals surface area contributed by atoms with Crippen molar-refractivity contribution in [3.63, 3.8) is 0 Å². The minimum absolute atomic E-state index is 0.275. The molecule has 2 aromatic rings. The van der Waals surface area contributed by atoms with Gasteiger partial charge in [0.2, 0.25) is 0 Å². The van der Waals surface area contributed by atoms with Crippen LogP contribution in [0.1, 0.15) is 11.1 Å². The van der Waals surface area contributed by atoms with Gasteiger partial charge in [0.1, 0.15) is 5.82 Å². The summed E-state index contributed by atoms with van der Waals surface area (Å²) in [5.74, 6) is -0.275. The highest BCUT2D eigenvalue weighted by Gasteiger charge is 2.05. The van der Waals surface area contributed by atoms with Crippen molar-refractivity contribution in [1.29, 1.82) is 0 Å². The molecule has 0 unspecified atom stereocenters. The Balaban J connectivity index is 2.12. The lowest BCUT2D eigenvalue weighted by Gasteiger charge is -2.05. The highest BCUT2D eigenvalue weighted by molar-refractivity contribution is 9.11. The van der Waals surface area contributed by atoms with Gasteiger partial charge < -0.3 is 0 Å². The van der Waals surface area contributed by atoms with Crippen molar-refractivity contribution in [3.8, 4) is 0 Å². The van der Waals surface area contributed by atoms with Gasteiger partial charge in [0.15, 0.2) is 0 Å². The van der Waals surface area contributed by atoms with Crippen molar-refractivity contribution in [2.75, 3.05) is 0 Å². The summed E-state index contributed by atoms with van der Waals surface area (Å²) in [6.45, 7) is 2.48. The highest BCUT2D eigenvalue weighted by atomic mass is 79.9. The number of azo groups is 1. The average Bonchev–Trinajstić information content (AvgIpc) is 2.34. The molecule has 0 radical (unpaired) electrons. The largest absolute Gasteiger partial charge is 0.207 e. The van der Waals surface area contributed by atoms with Crippen molar-refractivity contribution in [2.24, 2.45) is 10.2 Å². The van der Waals surface area contributed by atoms with E-state index in [0.29, 0.717) is 12.2 Å². The maximum atomic E-state index is 12.7. The standard InChI is InChI=1S/C14H11Br2FN2/c1-9-6-13(15)12(14(16)7-9)8-18-19-11-4-2-10(17)3-5-11/h2-7H,8H2,1H3. The first-order chi connectivity index (χ1) is 9.06. The molecule has 0 aliphatic carbocycles. The van der Waals surface area contributed by atoms with Crippen molar-refractivity contribution in [1.82, 2.24) is 0 Å². The third-order valence-corrected chi connectivity index (χ3v) is 3.94. The van der Waals surface area contributed by atoms with E-state index in [2.05, 4.69) is 42.1 Å². The first kappa shape index (κ1) is 14.3. The number of benzene rings is 2. The Kier molecular flexibility index (Phi) is 4.82. The van der Waals surface area contributed by atoms with Gasteiger partial charge in [-0.05, 0) is 48.9 Å². The van der Waals surface area contributed by atoms with Crippen LogP contribution in [-0.4, -0.2) is 0 Å². The van der Waals surface area contributed by atoms with E-state index >= 15 is 0 Å². The number of rotatable bonds is 3. The summed E-state index contributed by atoms with van der Waals surface area (Å²) in [6.07, 6.45) is 0. The third kappa shape index (κ3) is 3.94. The number of halogens is 3. The number of hydrogen-bond donors (Lipinski definition) is 0. The molecule has 5 heteroatoms. The van der Waals surface area contributed by atoms with Crippen LogP contribution in [0.3, 0.4) is 0 Å². The molecule has 2 rings (SSSR count). The molecule has 0 aliphatic heterocycles. The van der Waals surface area contributed by atoms with E-state index in [1.165, 1.54) is 12.1 Å². The van der Waals surface area contributed by atoms with E-state index in [0.717, 1.165) is 20.1 Å². The van der Waals surface area contributed by atoms with Crippen molar-refractivity contribution in [3.05, 3.63) is 62.3 Å². The minimum Gasteiger partial charge on any atom is -0.207 e. The van der Waals surface area contributed by atoms with Gasteiger partial charge in [0.25, 0.3) is 0 Å². The Morgan fingerprint density at radius 3 is 2.21 bits per heavy atom. The lowest BCUT2D eigenvalue weighted by molar-refractivity contribution is 0.628. The highest BCUT2D eigenvalue weighted by Crippen LogP contribution is 2.28. The van der Waals surface area contributed by atoms with Gasteiger partial charge in [0.05, 0.1) is 12.2 Å². The second-order valence-corrected chi connectivity index (χ2v) is 5.79. The van der Waals surface area contributed by atoms with Gasteiger partial charge in [-0.15, -0.1) is 0 Å². The normalized spacial score (nSPS) is 11.2. The molecule has 0 heterocycles. The van der Waals surface area contributed by atoms with Gasteiger partial charge in [0, 0.05) is 14.5 Å². The molecule has 0 N–H and O–H groups in total. The number of aryl methyl sites for hydroxylation is 1. The van der Waals surface area contributed by atoms with Crippen LogP contribution in [0.4, 0.5) is 10.1 Å². The Morgan fingerprint density at radius 2 is 1.63 bits per heavy atom. The quantitative estimate of drug-likeness (QED) is 0.584. The Bertz CT molecular complexity index is 586. The van der Waals surface area contributed by atoms with E-state index < -0.39 is 0 Å². The summed E-state index contributed by atoms with van der Waals surface area (Å²) in [6, 6.07) is 10.00. The molecule has 0 spiro atoms. The van der Waals surface area contributed by atoms with Gasteiger partial charge in [-0.3, -0.25) is 0 Å². The molecule has 98 valence electrons. The van der Waals surface area contributed by atoms with Gasteiger partial charge in [-0.25, -0.2) is 4.39 Å². The predicted octanol–water partition coefficient (Wildman–Crippen LogP) is 5.94. The summed E-state index contributed by atoms with van der Waals surface area (Å²) in [5.41, 5.74) is 2.84. The van der Waals surface area contributed by atoms with Crippen LogP contribution in [0.2, 0.25) is 0 Å². The second kappa shape index (κ2) is 6.39. The lowest BCUT2D eigenvalue weighted by atomic mass is 10.1. The monoisotopic (exact) mass is 384 g/mol. The maximum absolute atomic E-state index is 12.7. The summed E-state index contributed by atoms with van der Waals surface area (Å²) in [4.78, 5) is 0. The molecule has 0 aromatic heterocycles. The fourth-order valence-corrected chi connectivity index (χ4v) is 3.24. The van der Waals surface area contributed by atoms with Gasteiger partial charge in [-0.1, -0.05) is 31.9 Å². The maximum Gasteiger partial charge on any atom is 0.123 e. The van der Waals surface area contributed by atoms with Crippen LogP contribution in [0.25, 0.3) is 0 Å². The SMILES string of the molecule is Cc1cc(Br)c(CN=Nc2ccc(F)cc2)c(Br)c1. The zero-order valence-electron chi connectivity index (χ0n) is 10.2. The average molecular weight is 386 g/mol. The van der Waals surface area contributed by atoms with Crippen LogP contribution in [0.5, 0.6) is 0 Å². The fraction of sp³-hybridized carbons (Fsp3) is 0.143. The van der Waals surface area contributed by atoms with Crippen LogP contribution in [0.15, 0.2) is 55.6 Å². The van der Waals surface area contributed by atoms with E-state index in [-0.39, 0.29) is 5.82 Å². The van der Waals surface area contributed by atoms with Gasteiger partial charge in [-0.2, -0.15) is 10.2 Å². The van der Waals surface area contributed by atoms with E-state index in [1.807, 2.05) is 19.1 Å². The summed E-state index contributed by atoms with van der Waals surface area (Å²) in [5, 5.41) is 8.20. The molecule has 0 amide bonds. The Morgan fingerprint density at radius 1 is 1.05 bits per heavy atom. The fourth-order valence-electron chi connectivity index (χ4n) is 1.58. The zero-order valence-corrected chi connectivity index (χ0v) is 13.4. The Labute approximate surface area is 128 Å². The van der Waals surface area contributed by atoms with Gasteiger partial charge >= 0.3 is 0 Å². The summed E-state index contributed by atoms with van der Waals surface area (Å²) in [7, 11) is 0. The molecule has 0 saturated carbocycles. The van der Waals surface area contributed by atoms with E-state index in [9.17, 15) is 4.39 Å². The molecule has 0 atom stereocenters. The third-order valence-electron chi connectivity index (χ3n) is 2.53. The molecule has 0 aliphatic rings. The molecular formula is C14H11Br2FN2. The molecule has 2 nitrogen and oxygen atoms in total. The molecule has 2 aromatic carbocycles. The second-order valence-electron chi connectivity index (χ2n) is 4.08. The molecule has 0 saturated heterocycles. The topological polar surface area (TPSA) is 24.7 Å². The lowest BCUT2D eigenvalue weighted by Crippen LogP contribution is -1.87. The molecule has 0 fully saturated rings. The van der Waals surface area contributed by atoms with E-state index in [1.54, 1.807) is 12.1 Å². The first-order valence-electron chi connectivity index (χ1n) is 5.64. The Hall–Kier alpha value is -1.07. The zero-order chi connectivity index (χ0) is 13.8. The van der Waals surface area contributed by atoms with Crippen LogP contribution >= 0.6 is 31.9 Å².